The molecule has 2 heterocycles. The van der Waals surface area contributed by atoms with Crippen molar-refractivity contribution < 1.29 is 9.47 Å². The number of methoxy groups -OCH3 is 2. The lowest BCUT2D eigenvalue weighted by Gasteiger charge is -2.09. The van der Waals surface area contributed by atoms with Crippen LogP contribution in [0.3, 0.4) is 0 Å². The zero-order valence-electron chi connectivity index (χ0n) is 14.0. The fourth-order valence-electron chi connectivity index (χ4n) is 2.86. The number of nitrogens with one attached hydrogen (secondary N) is 1. The first-order valence-corrected chi connectivity index (χ1v) is 7.92. The average molecular weight is 331 g/mol. The molecule has 0 fully saturated rings. The van der Waals surface area contributed by atoms with Gasteiger partial charge in [0.05, 0.1) is 26.1 Å². The van der Waals surface area contributed by atoms with Gasteiger partial charge in [-0.15, -0.1) is 0 Å². The van der Waals surface area contributed by atoms with E-state index in [0.29, 0.717) is 11.5 Å². The van der Waals surface area contributed by atoms with Crippen LogP contribution in [-0.2, 0) is 0 Å². The zero-order valence-corrected chi connectivity index (χ0v) is 14.0. The Morgan fingerprint density at radius 3 is 2.44 bits per heavy atom. The molecular formula is C20H17N3O2. The number of rotatable bonds is 4. The molecule has 0 bridgehead atoms. The first-order valence-electron chi connectivity index (χ1n) is 7.92. The molecule has 124 valence electrons. The van der Waals surface area contributed by atoms with E-state index in [4.69, 9.17) is 14.5 Å². The van der Waals surface area contributed by atoms with Crippen molar-refractivity contribution in [1.82, 2.24) is 15.0 Å². The summed E-state index contributed by atoms with van der Waals surface area (Å²) in [5, 5.41) is 0. The molecule has 2 aromatic carbocycles. The predicted molar refractivity (Wildman–Crippen MR) is 97.9 cm³/mol. The highest BCUT2D eigenvalue weighted by Gasteiger charge is 2.12. The predicted octanol–water partition coefficient (Wildman–Crippen LogP) is 4.31. The number of hydrogen-bond donors (Lipinski definition) is 1. The van der Waals surface area contributed by atoms with Crippen LogP contribution in [0.2, 0.25) is 0 Å². The number of aromatic amines is 1. The van der Waals surface area contributed by atoms with Crippen molar-refractivity contribution in [1.29, 1.82) is 0 Å². The zero-order chi connectivity index (χ0) is 17.2. The second-order valence-electron chi connectivity index (χ2n) is 5.59. The van der Waals surface area contributed by atoms with Crippen LogP contribution in [0.1, 0.15) is 0 Å². The lowest BCUT2D eigenvalue weighted by Crippen LogP contribution is -1.93. The van der Waals surface area contributed by atoms with E-state index in [9.17, 15) is 0 Å². The molecule has 5 nitrogen and oxygen atoms in total. The summed E-state index contributed by atoms with van der Waals surface area (Å²) in [6.07, 6.45) is 3.70. The monoisotopic (exact) mass is 331 g/mol. The second kappa shape index (κ2) is 6.28. The smallest absolute Gasteiger partial charge is 0.161 e. The number of H-pyrrole nitrogens is 1. The summed E-state index contributed by atoms with van der Waals surface area (Å²) >= 11 is 0. The highest BCUT2D eigenvalue weighted by Crippen LogP contribution is 2.33. The molecular weight excluding hydrogens is 314 g/mol. The molecule has 4 aromatic rings. The van der Waals surface area contributed by atoms with E-state index < -0.39 is 0 Å². The van der Waals surface area contributed by atoms with Crippen molar-refractivity contribution >= 4 is 11.2 Å². The minimum Gasteiger partial charge on any atom is -0.493 e. The van der Waals surface area contributed by atoms with Gasteiger partial charge in [-0.25, -0.2) is 9.97 Å². The van der Waals surface area contributed by atoms with Crippen molar-refractivity contribution in [2.24, 2.45) is 0 Å². The number of ether oxygens (including phenoxy) is 2. The van der Waals surface area contributed by atoms with Gasteiger partial charge in [-0.05, 0) is 23.8 Å². The molecule has 25 heavy (non-hydrogen) atoms. The average Bonchev–Trinajstić information content (AvgIpc) is 3.11. The molecule has 0 saturated carbocycles. The number of nitrogens with zero attached hydrogens (tertiary/aromatic N) is 2. The van der Waals surface area contributed by atoms with Crippen LogP contribution in [0.25, 0.3) is 33.5 Å². The summed E-state index contributed by atoms with van der Waals surface area (Å²) in [6, 6.07) is 15.9. The van der Waals surface area contributed by atoms with E-state index in [1.807, 2.05) is 42.6 Å². The number of hydrogen-bond acceptors (Lipinski definition) is 4. The Kier molecular flexibility index (Phi) is 3.82. The molecule has 0 aliphatic carbocycles. The fraction of sp³-hybridized carbons (Fsp3) is 0.100. The molecule has 5 heteroatoms. The van der Waals surface area contributed by atoms with Crippen molar-refractivity contribution in [3.8, 4) is 33.9 Å². The normalized spacial score (nSPS) is 10.8. The number of benzene rings is 2. The van der Waals surface area contributed by atoms with E-state index in [0.717, 1.165) is 33.5 Å². The second-order valence-corrected chi connectivity index (χ2v) is 5.59. The fourth-order valence-corrected chi connectivity index (χ4v) is 2.86. The van der Waals surface area contributed by atoms with Gasteiger partial charge in [-0.1, -0.05) is 30.3 Å². The van der Waals surface area contributed by atoms with Gasteiger partial charge in [0.15, 0.2) is 17.1 Å². The van der Waals surface area contributed by atoms with E-state index in [2.05, 4.69) is 22.1 Å². The Balaban J connectivity index is 1.84. The minimum absolute atomic E-state index is 0.666. The Labute approximate surface area is 145 Å². The Morgan fingerprint density at radius 1 is 0.880 bits per heavy atom. The van der Waals surface area contributed by atoms with Gasteiger partial charge in [0, 0.05) is 17.3 Å². The maximum absolute atomic E-state index is 5.38. The molecule has 2 aromatic heterocycles. The first-order chi connectivity index (χ1) is 12.3. The Morgan fingerprint density at radius 2 is 1.68 bits per heavy atom. The van der Waals surface area contributed by atoms with Gasteiger partial charge in [0.25, 0.3) is 0 Å². The van der Waals surface area contributed by atoms with E-state index in [1.54, 1.807) is 20.4 Å². The van der Waals surface area contributed by atoms with Crippen LogP contribution in [0.5, 0.6) is 11.5 Å². The molecule has 0 saturated heterocycles. The molecule has 0 radical (unpaired) electrons. The maximum atomic E-state index is 5.38. The first kappa shape index (κ1) is 15.2. The van der Waals surface area contributed by atoms with E-state index in [-0.39, 0.29) is 0 Å². The van der Waals surface area contributed by atoms with Gasteiger partial charge in [-0.3, -0.25) is 0 Å². The van der Waals surface area contributed by atoms with E-state index >= 15 is 0 Å². The lowest BCUT2D eigenvalue weighted by atomic mass is 10.1. The highest BCUT2D eigenvalue weighted by molar-refractivity contribution is 5.91. The summed E-state index contributed by atoms with van der Waals surface area (Å²) in [5.41, 5.74) is 5.46. The number of fused-ring (bicyclic) bond motifs is 1. The summed E-state index contributed by atoms with van der Waals surface area (Å²) in [4.78, 5) is 12.5. The standard InChI is InChI=1S/C20H17N3O2/c1-24-17-9-8-14(10-18(17)25-2)16-12-22-20-19(23-16)15(11-21-20)13-6-4-3-5-7-13/h3-12H,1-2H3,(H,21,22). The van der Waals surface area contributed by atoms with Crippen molar-refractivity contribution in [2.45, 2.75) is 0 Å². The van der Waals surface area contributed by atoms with Crippen LogP contribution >= 0.6 is 0 Å². The molecule has 0 amide bonds. The quantitative estimate of drug-likeness (QED) is 0.605. The van der Waals surface area contributed by atoms with Crippen LogP contribution in [-0.4, -0.2) is 29.2 Å². The van der Waals surface area contributed by atoms with Gasteiger partial charge >= 0.3 is 0 Å². The van der Waals surface area contributed by atoms with Crippen molar-refractivity contribution in [3.63, 3.8) is 0 Å². The molecule has 0 unspecified atom stereocenters. The van der Waals surface area contributed by atoms with Crippen LogP contribution in [0.15, 0.2) is 60.9 Å². The third-order valence-electron chi connectivity index (χ3n) is 4.14. The van der Waals surface area contributed by atoms with Crippen molar-refractivity contribution in [3.05, 3.63) is 60.9 Å². The minimum atomic E-state index is 0.666. The summed E-state index contributed by atoms with van der Waals surface area (Å²) in [7, 11) is 3.24. The molecule has 0 spiro atoms. The van der Waals surface area contributed by atoms with Crippen LogP contribution in [0.4, 0.5) is 0 Å². The third-order valence-corrected chi connectivity index (χ3v) is 4.14. The van der Waals surface area contributed by atoms with Gasteiger partial charge < -0.3 is 14.5 Å². The summed E-state index contributed by atoms with van der Waals surface area (Å²) < 4.78 is 10.7. The van der Waals surface area contributed by atoms with Crippen LogP contribution in [0, 0.1) is 0 Å². The van der Waals surface area contributed by atoms with Gasteiger partial charge in [0.1, 0.15) is 5.52 Å². The molecule has 1 N–H and O–H groups in total. The van der Waals surface area contributed by atoms with Crippen LogP contribution < -0.4 is 9.47 Å². The molecule has 0 aliphatic rings. The number of aromatic nitrogens is 3. The largest absolute Gasteiger partial charge is 0.493 e. The topological polar surface area (TPSA) is 60.0 Å². The lowest BCUT2D eigenvalue weighted by molar-refractivity contribution is 0.355. The van der Waals surface area contributed by atoms with Gasteiger partial charge in [-0.2, -0.15) is 0 Å². The maximum Gasteiger partial charge on any atom is 0.161 e. The van der Waals surface area contributed by atoms with E-state index in [1.165, 1.54) is 0 Å². The SMILES string of the molecule is COc1ccc(-c2cnc3[nH]cc(-c4ccccc4)c3n2)cc1OC. The highest BCUT2D eigenvalue weighted by atomic mass is 16.5. The Bertz CT molecular complexity index is 1030. The third kappa shape index (κ3) is 2.70. The molecule has 4 rings (SSSR count). The summed E-state index contributed by atoms with van der Waals surface area (Å²) in [5.74, 6) is 1.35. The molecule has 0 atom stereocenters. The summed E-state index contributed by atoms with van der Waals surface area (Å²) in [6.45, 7) is 0. The van der Waals surface area contributed by atoms with Gasteiger partial charge in [0.2, 0.25) is 0 Å². The van der Waals surface area contributed by atoms with Crippen molar-refractivity contribution in [2.75, 3.05) is 14.2 Å². The molecule has 0 aliphatic heterocycles. The Hall–Kier alpha value is -3.34.